The topological polar surface area (TPSA) is 87.7 Å². The Morgan fingerprint density at radius 3 is 2.71 bits per heavy atom. The summed E-state index contributed by atoms with van der Waals surface area (Å²) in [4.78, 5) is 23.0. The number of nitrogens with one attached hydrogen (secondary N) is 2. The summed E-state index contributed by atoms with van der Waals surface area (Å²) in [5.41, 5.74) is 0.546. The molecule has 1 aliphatic rings. The molecule has 0 spiro atoms. The number of hydrogen-bond donors (Lipinski definition) is 3. The molecule has 0 radical (unpaired) electrons. The van der Waals surface area contributed by atoms with Gasteiger partial charge in [0.1, 0.15) is 0 Å². The molecular weight excluding hydrogens is 272 g/mol. The summed E-state index contributed by atoms with van der Waals surface area (Å²) in [7, 11) is 0. The minimum atomic E-state index is -1.08. The molecular formula is C15H20N2O4. The Hall–Kier alpha value is -2.08. The highest BCUT2D eigenvalue weighted by Crippen LogP contribution is 2.15. The number of urea groups is 1. The Balaban J connectivity index is 1.80. The molecule has 1 saturated heterocycles. The van der Waals surface area contributed by atoms with Crippen molar-refractivity contribution in [2.45, 2.75) is 18.9 Å². The molecule has 2 amide bonds. The third kappa shape index (κ3) is 4.75. The number of carboxylic acid groups (broad SMARTS) is 1. The first kappa shape index (κ1) is 15.3. The number of carbonyl (C=O) groups excluding carboxylic acids is 1. The van der Waals surface area contributed by atoms with Gasteiger partial charge >= 0.3 is 12.0 Å². The van der Waals surface area contributed by atoms with Crippen molar-refractivity contribution in [3.8, 4) is 0 Å². The second kappa shape index (κ2) is 7.64. The van der Waals surface area contributed by atoms with Crippen LogP contribution >= 0.6 is 0 Å². The van der Waals surface area contributed by atoms with E-state index in [-0.39, 0.29) is 0 Å². The monoisotopic (exact) mass is 292 g/mol. The van der Waals surface area contributed by atoms with Crippen LogP contribution in [-0.4, -0.2) is 36.9 Å². The molecule has 114 valence electrons. The average molecular weight is 292 g/mol. The van der Waals surface area contributed by atoms with Gasteiger partial charge < -0.3 is 20.5 Å². The minimum absolute atomic E-state index is 0.467. The van der Waals surface area contributed by atoms with Crippen LogP contribution in [0.3, 0.4) is 0 Å². The van der Waals surface area contributed by atoms with Crippen LogP contribution in [-0.2, 0) is 9.53 Å². The fraction of sp³-hybridized carbons (Fsp3) is 0.467. The van der Waals surface area contributed by atoms with Crippen molar-refractivity contribution in [2.24, 2.45) is 5.92 Å². The summed E-state index contributed by atoms with van der Waals surface area (Å²) in [5, 5.41) is 14.4. The second-order valence-electron chi connectivity index (χ2n) is 5.10. The molecule has 2 rings (SSSR count). The quantitative estimate of drug-likeness (QED) is 0.742. The van der Waals surface area contributed by atoms with E-state index in [1.165, 1.54) is 0 Å². The maximum absolute atomic E-state index is 11.8. The number of hydrogen-bond acceptors (Lipinski definition) is 3. The Morgan fingerprint density at radius 2 is 2.10 bits per heavy atom. The van der Waals surface area contributed by atoms with Crippen molar-refractivity contribution in [2.75, 3.05) is 19.8 Å². The maximum atomic E-state index is 11.8. The number of rotatable bonds is 6. The average Bonchev–Trinajstić information content (AvgIpc) is 2.98. The van der Waals surface area contributed by atoms with Crippen molar-refractivity contribution >= 4 is 12.0 Å². The van der Waals surface area contributed by atoms with Crippen LogP contribution in [0.15, 0.2) is 30.3 Å². The Labute approximate surface area is 123 Å². The van der Waals surface area contributed by atoms with Gasteiger partial charge in [0.15, 0.2) is 6.04 Å². The van der Waals surface area contributed by atoms with Gasteiger partial charge in [-0.1, -0.05) is 30.3 Å². The number of aliphatic carboxylic acids is 1. The zero-order valence-electron chi connectivity index (χ0n) is 11.7. The summed E-state index contributed by atoms with van der Waals surface area (Å²) in [6.45, 7) is 2.04. The smallest absolute Gasteiger partial charge is 0.330 e. The third-order valence-corrected chi connectivity index (χ3v) is 3.52. The van der Waals surface area contributed by atoms with Crippen LogP contribution in [0.4, 0.5) is 4.79 Å². The molecule has 1 aliphatic heterocycles. The fourth-order valence-corrected chi connectivity index (χ4v) is 2.32. The van der Waals surface area contributed by atoms with Crippen LogP contribution in [0.2, 0.25) is 0 Å². The molecule has 6 heteroatoms. The normalized spacial score (nSPS) is 19.0. The van der Waals surface area contributed by atoms with Gasteiger partial charge in [-0.2, -0.15) is 0 Å². The highest BCUT2D eigenvalue weighted by atomic mass is 16.5. The first-order valence-corrected chi connectivity index (χ1v) is 7.06. The lowest BCUT2D eigenvalue weighted by molar-refractivity contribution is -0.139. The summed E-state index contributed by atoms with van der Waals surface area (Å²) in [6.07, 6.45) is 1.86. The summed E-state index contributed by atoms with van der Waals surface area (Å²) >= 11 is 0. The molecule has 2 unspecified atom stereocenters. The van der Waals surface area contributed by atoms with Gasteiger partial charge in [-0.25, -0.2) is 9.59 Å². The molecule has 6 nitrogen and oxygen atoms in total. The standard InChI is InChI=1S/C15H20N2O4/c18-14(19)13(12-4-2-1-3-5-12)17-15(20)16-8-6-11-7-9-21-10-11/h1-5,11,13H,6-10H2,(H,18,19)(H2,16,17,20). The van der Waals surface area contributed by atoms with E-state index in [0.717, 1.165) is 26.1 Å². The predicted octanol–water partition coefficient (Wildman–Crippen LogP) is 1.54. The third-order valence-electron chi connectivity index (χ3n) is 3.52. The number of benzene rings is 1. The molecule has 1 fully saturated rings. The zero-order chi connectivity index (χ0) is 15.1. The van der Waals surface area contributed by atoms with Crippen molar-refractivity contribution < 1.29 is 19.4 Å². The van der Waals surface area contributed by atoms with Crippen molar-refractivity contribution in [1.82, 2.24) is 10.6 Å². The first-order chi connectivity index (χ1) is 10.2. The van der Waals surface area contributed by atoms with E-state index in [1.807, 2.05) is 0 Å². The fourth-order valence-electron chi connectivity index (χ4n) is 2.32. The highest BCUT2D eigenvalue weighted by Gasteiger charge is 2.22. The van der Waals surface area contributed by atoms with Gasteiger partial charge in [-0.05, 0) is 24.3 Å². The summed E-state index contributed by atoms with van der Waals surface area (Å²) < 4.78 is 5.26. The van der Waals surface area contributed by atoms with E-state index in [9.17, 15) is 14.7 Å². The number of ether oxygens (including phenoxy) is 1. The molecule has 0 saturated carbocycles. The Morgan fingerprint density at radius 1 is 1.33 bits per heavy atom. The first-order valence-electron chi connectivity index (χ1n) is 7.06. The largest absolute Gasteiger partial charge is 0.479 e. The van der Waals surface area contributed by atoms with Crippen LogP contribution in [0.25, 0.3) is 0 Å². The summed E-state index contributed by atoms with van der Waals surface area (Å²) in [5.74, 6) is -0.602. The second-order valence-corrected chi connectivity index (χ2v) is 5.10. The summed E-state index contributed by atoms with van der Waals surface area (Å²) in [6, 6.07) is 7.12. The maximum Gasteiger partial charge on any atom is 0.330 e. The van der Waals surface area contributed by atoms with Crippen LogP contribution in [0, 0.1) is 5.92 Å². The lowest BCUT2D eigenvalue weighted by Gasteiger charge is -2.16. The van der Waals surface area contributed by atoms with E-state index in [2.05, 4.69) is 10.6 Å². The highest BCUT2D eigenvalue weighted by molar-refractivity contribution is 5.83. The van der Waals surface area contributed by atoms with Crippen molar-refractivity contribution in [1.29, 1.82) is 0 Å². The van der Waals surface area contributed by atoms with Gasteiger partial charge in [0.05, 0.1) is 0 Å². The van der Waals surface area contributed by atoms with Gasteiger partial charge in [0, 0.05) is 19.8 Å². The minimum Gasteiger partial charge on any atom is -0.479 e. The molecule has 0 aromatic heterocycles. The van der Waals surface area contributed by atoms with Crippen LogP contribution < -0.4 is 10.6 Å². The van der Waals surface area contributed by atoms with E-state index >= 15 is 0 Å². The SMILES string of the molecule is O=C(NCCC1CCOC1)NC(C(=O)O)c1ccccc1. The van der Waals surface area contributed by atoms with Crippen LogP contribution in [0.1, 0.15) is 24.4 Å². The molecule has 2 atom stereocenters. The molecule has 3 N–H and O–H groups in total. The van der Waals surface area contributed by atoms with Gasteiger partial charge in [-0.3, -0.25) is 0 Å². The number of carbonyl (C=O) groups is 2. The Kier molecular flexibility index (Phi) is 5.57. The molecule has 1 aromatic rings. The van der Waals surface area contributed by atoms with Gasteiger partial charge in [-0.15, -0.1) is 0 Å². The van der Waals surface area contributed by atoms with E-state index in [1.54, 1.807) is 30.3 Å². The van der Waals surface area contributed by atoms with E-state index < -0.39 is 18.0 Å². The predicted molar refractivity (Wildman–Crippen MR) is 76.9 cm³/mol. The Bertz CT molecular complexity index is 472. The van der Waals surface area contributed by atoms with Crippen molar-refractivity contribution in [3.63, 3.8) is 0 Å². The molecule has 0 bridgehead atoms. The zero-order valence-corrected chi connectivity index (χ0v) is 11.7. The lowest BCUT2D eigenvalue weighted by Crippen LogP contribution is -2.41. The lowest BCUT2D eigenvalue weighted by atomic mass is 10.1. The molecule has 0 aliphatic carbocycles. The molecule has 21 heavy (non-hydrogen) atoms. The van der Waals surface area contributed by atoms with Gasteiger partial charge in [0.25, 0.3) is 0 Å². The van der Waals surface area contributed by atoms with E-state index in [0.29, 0.717) is 18.0 Å². The van der Waals surface area contributed by atoms with Crippen LogP contribution in [0.5, 0.6) is 0 Å². The van der Waals surface area contributed by atoms with E-state index in [4.69, 9.17) is 4.74 Å². The van der Waals surface area contributed by atoms with Gasteiger partial charge in [0.2, 0.25) is 0 Å². The number of amides is 2. The van der Waals surface area contributed by atoms with Crippen molar-refractivity contribution in [3.05, 3.63) is 35.9 Å². The molecule has 1 heterocycles. The number of carboxylic acids is 1. The molecule has 1 aromatic carbocycles.